The molecular weight excluding hydrogens is 1180 g/mol. The number of rotatable bonds is 24. The third kappa shape index (κ3) is 18.6. The Labute approximate surface area is 506 Å². The topological polar surface area (TPSA) is 254 Å². The molecule has 8 rings (SSSR count). The minimum Gasteiger partial charge on any atom is -0.497 e. The summed E-state index contributed by atoms with van der Waals surface area (Å²) in [5.41, 5.74) is 2.97. The second kappa shape index (κ2) is 31.3. The Hall–Kier alpha value is -5.74. The normalized spacial score (nSPS) is 29.3. The van der Waals surface area contributed by atoms with E-state index in [-0.39, 0.29) is 33.0 Å². The molecule has 4 aliphatic heterocycles. The first-order valence-electron chi connectivity index (χ1n) is 27.1. The molecule has 4 aromatic rings. The first kappa shape index (κ1) is 65.2. The predicted molar refractivity (Wildman–Crippen MR) is 297 cm³/mol. The van der Waals surface area contributed by atoms with Crippen LogP contribution in [-0.4, -0.2) is 166 Å². The van der Waals surface area contributed by atoms with Crippen LogP contribution in [0.15, 0.2) is 115 Å². The summed E-state index contributed by atoms with van der Waals surface area (Å²) in [5, 5.41) is 2.78. The molecule has 26 heteroatoms. The first-order valence-corrected chi connectivity index (χ1v) is 28.3. The van der Waals surface area contributed by atoms with Crippen molar-refractivity contribution in [3.05, 3.63) is 138 Å². The third-order valence-corrected chi connectivity index (χ3v) is 14.0. The van der Waals surface area contributed by atoms with Gasteiger partial charge >= 0.3 is 30.0 Å². The van der Waals surface area contributed by atoms with Crippen LogP contribution in [0.3, 0.4) is 0 Å². The molecule has 1 N–H and O–H groups in total. The fraction of sp³-hybridized carbons (Fsp3) is 0.508. The fourth-order valence-electron chi connectivity index (χ4n) is 10.00. The van der Waals surface area contributed by atoms with E-state index in [2.05, 4.69) is 5.32 Å². The highest BCUT2D eigenvalue weighted by atomic mass is 35.6. The number of carbonyl (C=O) groups is 5. The predicted octanol–water partition coefficient (Wildman–Crippen LogP) is 6.91. The quantitative estimate of drug-likeness (QED) is 0.0425. The van der Waals surface area contributed by atoms with Crippen LogP contribution in [-0.2, 0) is 115 Å². The summed E-state index contributed by atoms with van der Waals surface area (Å²) in [6.07, 6.45) is -21.9. The van der Waals surface area contributed by atoms with Crippen LogP contribution in [0.25, 0.3) is 0 Å². The van der Waals surface area contributed by atoms with E-state index in [4.69, 9.17) is 115 Å². The zero-order valence-corrected chi connectivity index (χ0v) is 49.5. The van der Waals surface area contributed by atoms with Gasteiger partial charge in [-0.15, -0.1) is 0 Å². The lowest BCUT2D eigenvalue weighted by Gasteiger charge is -2.53. The van der Waals surface area contributed by atoms with Crippen molar-refractivity contribution in [1.29, 1.82) is 0 Å². The van der Waals surface area contributed by atoms with Crippen LogP contribution in [0.2, 0.25) is 0 Å². The van der Waals surface area contributed by atoms with Crippen LogP contribution >= 0.6 is 34.8 Å². The summed E-state index contributed by atoms with van der Waals surface area (Å²) >= 11 is 18.3. The van der Waals surface area contributed by atoms with Crippen LogP contribution < -0.4 is 10.1 Å². The van der Waals surface area contributed by atoms with Gasteiger partial charge in [0.2, 0.25) is 3.79 Å². The average Bonchev–Trinajstić information content (AvgIpc) is 1.40. The highest BCUT2D eigenvalue weighted by Crippen LogP contribution is 2.41. The zero-order chi connectivity index (χ0) is 60.6. The Morgan fingerprint density at radius 1 is 0.541 bits per heavy atom. The fourth-order valence-corrected chi connectivity index (χ4v) is 10.2. The maximum absolute atomic E-state index is 14.4. The number of hydrogen-bond donors (Lipinski definition) is 1. The maximum atomic E-state index is 14.4. The smallest absolute Gasteiger partial charge is 0.407 e. The Morgan fingerprint density at radius 3 is 1.68 bits per heavy atom. The van der Waals surface area contributed by atoms with E-state index in [0.29, 0.717) is 11.3 Å². The first-order chi connectivity index (χ1) is 40.9. The molecule has 0 saturated carbocycles. The number of alkyl carbamates (subject to hydrolysis) is 1. The van der Waals surface area contributed by atoms with E-state index in [1.807, 2.05) is 72.8 Å². The Balaban J connectivity index is 1.25. The van der Waals surface area contributed by atoms with Gasteiger partial charge in [-0.3, -0.25) is 19.2 Å². The SMILES string of the molecule is COc1ccc(COC[C@H]2O[C@@H](OC)[C@H](OCc3ccccc3)[C@@H](OCc3ccccc3)[C@@H]2O[C@@H]2O[C@@H]3CO[C@@H](c4ccccc4)O[C@H]3[C@H](O[C@@H]3O[C@H](COC(C)=O)[C@@H](OC(C)=O)[C@H](OC(C)=O)[C@H]3OC(C)=O)[C@H]2NC(=O)OCC(Cl)(Cl)Cl)cc1. The molecule has 1 amide bonds. The molecule has 4 saturated heterocycles. The maximum Gasteiger partial charge on any atom is 0.407 e. The van der Waals surface area contributed by atoms with Crippen LogP contribution in [0.1, 0.15) is 56.2 Å². The van der Waals surface area contributed by atoms with Crippen molar-refractivity contribution in [1.82, 2.24) is 5.32 Å². The van der Waals surface area contributed by atoms with Gasteiger partial charge in [-0.2, -0.15) is 0 Å². The van der Waals surface area contributed by atoms with Gasteiger partial charge < -0.3 is 85.8 Å². The molecule has 4 heterocycles. The molecular formula is C59H68Cl3NO22. The summed E-state index contributed by atoms with van der Waals surface area (Å²) in [4.78, 5) is 65.6. The van der Waals surface area contributed by atoms with Crippen molar-refractivity contribution in [3.8, 4) is 5.75 Å². The molecule has 4 aromatic carbocycles. The van der Waals surface area contributed by atoms with Crippen molar-refractivity contribution in [3.63, 3.8) is 0 Å². The number of benzene rings is 4. The number of hydrogen-bond acceptors (Lipinski definition) is 22. The Bertz CT molecular complexity index is 2770. The summed E-state index contributed by atoms with van der Waals surface area (Å²) in [6, 6.07) is 33.3. The molecule has 0 unspecified atom stereocenters. The number of halogens is 3. The number of amides is 1. The summed E-state index contributed by atoms with van der Waals surface area (Å²) in [5.74, 6) is -2.79. The van der Waals surface area contributed by atoms with Gasteiger partial charge in [-0.1, -0.05) is 138 Å². The van der Waals surface area contributed by atoms with Crippen LogP contribution in [0, 0.1) is 0 Å². The molecule has 4 aliphatic rings. The van der Waals surface area contributed by atoms with E-state index >= 15 is 0 Å². The highest BCUT2D eigenvalue weighted by molar-refractivity contribution is 6.67. The van der Waals surface area contributed by atoms with E-state index in [1.165, 1.54) is 7.11 Å². The van der Waals surface area contributed by atoms with Crippen molar-refractivity contribution in [2.75, 3.05) is 40.6 Å². The summed E-state index contributed by atoms with van der Waals surface area (Å²) in [7, 11) is 3.03. The van der Waals surface area contributed by atoms with Gasteiger partial charge in [0, 0.05) is 40.4 Å². The number of carbonyl (C=O) groups excluding carboxylic acids is 5. The summed E-state index contributed by atoms with van der Waals surface area (Å²) in [6.45, 7) is 2.84. The molecule has 462 valence electrons. The van der Waals surface area contributed by atoms with E-state index < -0.39 is 145 Å². The third-order valence-electron chi connectivity index (χ3n) is 13.7. The van der Waals surface area contributed by atoms with E-state index in [0.717, 1.165) is 44.4 Å². The van der Waals surface area contributed by atoms with Gasteiger partial charge in [0.15, 0.2) is 43.5 Å². The molecule has 0 spiro atoms. The number of nitrogens with one attached hydrogen (secondary N) is 1. The van der Waals surface area contributed by atoms with Gasteiger partial charge in [0.05, 0.1) is 40.1 Å². The van der Waals surface area contributed by atoms with Gasteiger partial charge in [0.1, 0.15) is 73.8 Å². The number of methoxy groups -OCH3 is 2. The summed E-state index contributed by atoms with van der Waals surface area (Å²) < 4.78 is 105. The van der Waals surface area contributed by atoms with Gasteiger partial charge in [0.25, 0.3) is 0 Å². The number of esters is 4. The zero-order valence-electron chi connectivity index (χ0n) is 47.3. The lowest BCUT2D eigenvalue weighted by Crippen LogP contribution is -2.71. The molecule has 23 nitrogen and oxygen atoms in total. The second-order valence-corrected chi connectivity index (χ2v) is 22.5. The van der Waals surface area contributed by atoms with Crippen LogP contribution in [0.5, 0.6) is 5.75 Å². The van der Waals surface area contributed by atoms with Gasteiger partial charge in [-0.05, 0) is 28.8 Å². The minimum absolute atomic E-state index is 0.0187. The highest BCUT2D eigenvalue weighted by Gasteiger charge is 2.59. The molecule has 0 aromatic heterocycles. The van der Waals surface area contributed by atoms with Gasteiger partial charge in [-0.25, -0.2) is 4.79 Å². The molecule has 0 bridgehead atoms. The molecule has 0 radical (unpaired) electrons. The van der Waals surface area contributed by atoms with Crippen molar-refractivity contribution < 1.29 is 104 Å². The molecule has 0 aliphatic carbocycles. The lowest BCUT2D eigenvalue weighted by molar-refractivity contribution is -0.394. The number of fused-ring (bicyclic) bond motifs is 1. The Morgan fingerprint density at radius 2 is 1.09 bits per heavy atom. The van der Waals surface area contributed by atoms with E-state index in [9.17, 15) is 24.0 Å². The van der Waals surface area contributed by atoms with Crippen molar-refractivity contribution >= 4 is 64.8 Å². The minimum atomic E-state index is -2.09. The van der Waals surface area contributed by atoms with Crippen molar-refractivity contribution in [2.24, 2.45) is 0 Å². The average molecular weight is 1250 g/mol. The number of alkyl halides is 3. The lowest BCUT2D eigenvalue weighted by atomic mass is 9.93. The Kier molecular flexibility index (Phi) is 24.0. The monoisotopic (exact) mass is 1250 g/mol. The number of ether oxygens (including phenoxy) is 17. The molecule has 16 atom stereocenters. The van der Waals surface area contributed by atoms with Crippen LogP contribution in [0.4, 0.5) is 4.79 Å². The van der Waals surface area contributed by atoms with Crippen molar-refractivity contribution in [2.45, 2.75) is 150 Å². The largest absolute Gasteiger partial charge is 0.497 e. The molecule has 85 heavy (non-hydrogen) atoms. The van der Waals surface area contributed by atoms with E-state index in [1.54, 1.807) is 49.6 Å². The second-order valence-electron chi connectivity index (χ2n) is 20.0. The standard InChI is InChI=1S/C59H68Cl3NO22/c1-33(64)72-30-43-48(77-34(2)65)51(78-35(3)66)53(79-36(4)67)57(82-43)85-49-45(63-58(68)76-32-59(60,61)62)55(80-44-31-75-54(83-46(44)49)40-20-14-9-15-21-40)84-47-42(29-71-26-39-22-24-41(69-5)25-23-39)81-56(70-6)52(74-28-38-18-12-8-13-19-38)50(47)73-27-37-16-10-7-11-17-37/h7-25,42-57H,26-32H2,1-6H3,(H,63,68)/t42-,43-,44-,45-,46-,47-,48-,49-,50+,51+,52-,53-,54-,55+,56-,57+/m1/s1. The molecule has 4 fully saturated rings.